The number of amides is 2. The Morgan fingerprint density at radius 2 is 1.76 bits per heavy atom. The first-order valence-electron chi connectivity index (χ1n) is 10.7. The second-order valence-electron chi connectivity index (χ2n) is 7.93. The van der Waals surface area contributed by atoms with E-state index >= 15 is 0 Å². The van der Waals surface area contributed by atoms with Crippen molar-refractivity contribution in [1.82, 2.24) is 15.1 Å². The van der Waals surface area contributed by atoms with Gasteiger partial charge in [0, 0.05) is 31.0 Å². The number of anilines is 1. The van der Waals surface area contributed by atoms with Crippen molar-refractivity contribution < 1.29 is 9.59 Å². The summed E-state index contributed by atoms with van der Waals surface area (Å²) >= 11 is 0. The van der Waals surface area contributed by atoms with Crippen LogP contribution in [0.4, 0.5) is 5.82 Å². The summed E-state index contributed by atoms with van der Waals surface area (Å²) in [6.07, 6.45) is 5.49. The number of aromatic nitrogens is 2. The summed E-state index contributed by atoms with van der Waals surface area (Å²) in [5.41, 5.74) is 2.82. The molecule has 1 aromatic carbocycles. The minimum Gasteiger partial charge on any atom is -0.356 e. The highest BCUT2D eigenvalue weighted by atomic mass is 16.2. The second kappa shape index (κ2) is 9.72. The van der Waals surface area contributed by atoms with Gasteiger partial charge >= 0.3 is 0 Å². The van der Waals surface area contributed by atoms with Crippen LogP contribution in [0.1, 0.15) is 51.1 Å². The molecule has 0 unspecified atom stereocenters. The minimum atomic E-state index is -0.302. The Labute approximate surface area is 173 Å². The van der Waals surface area contributed by atoms with Gasteiger partial charge in [-0.1, -0.05) is 56.5 Å². The molecule has 1 saturated carbocycles. The number of unbranched alkanes of at least 4 members (excludes halogenated alkanes) is 1. The Kier molecular flexibility index (Phi) is 7.07. The molecule has 29 heavy (non-hydrogen) atoms. The van der Waals surface area contributed by atoms with Crippen LogP contribution in [-0.4, -0.2) is 28.1 Å². The molecule has 0 aliphatic heterocycles. The van der Waals surface area contributed by atoms with Gasteiger partial charge in [-0.2, -0.15) is 5.10 Å². The van der Waals surface area contributed by atoms with Crippen LogP contribution >= 0.6 is 0 Å². The standard InChI is InChI=1S/C23H32N4O2/c1-4-5-15-24-22(28)18-13-9-10-14-19(18)23(29)25-21-20(16(2)26-27(21)3)17-11-7-6-8-12-17/h6-8,11-12,18-19H,4-5,9-10,13-15H2,1-3H3,(H,24,28)(H,25,29)/t18-,19+/m1/s1. The van der Waals surface area contributed by atoms with Crippen molar-refractivity contribution in [3.63, 3.8) is 0 Å². The molecule has 0 saturated heterocycles. The van der Waals surface area contributed by atoms with Gasteiger partial charge in [0.05, 0.1) is 5.69 Å². The number of aryl methyl sites for hydroxylation is 2. The summed E-state index contributed by atoms with van der Waals surface area (Å²) < 4.78 is 1.72. The zero-order chi connectivity index (χ0) is 20.8. The van der Waals surface area contributed by atoms with Crippen LogP contribution in [0.15, 0.2) is 30.3 Å². The molecule has 2 N–H and O–H groups in total. The summed E-state index contributed by atoms with van der Waals surface area (Å²) in [5.74, 6) is 0.0667. The van der Waals surface area contributed by atoms with E-state index in [1.54, 1.807) is 4.68 Å². The summed E-state index contributed by atoms with van der Waals surface area (Å²) in [6.45, 7) is 4.73. The zero-order valence-electron chi connectivity index (χ0n) is 17.7. The lowest BCUT2D eigenvalue weighted by molar-refractivity contribution is -0.134. The Hall–Kier alpha value is -2.63. The highest BCUT2D eigenvalue weighted by molar-refractivity contribution is 5.98. The van der Waals surface area contributed by atoms with E-state index in [4.69, 9.17) is 0 Å². The van der Waals surface area contributed by atoms with E-state index in [1.165, 1.54) is 0 Å². The van der Waals surface area contributed by atoms with Crippen LogP contribution in [0.25, 0.3) is 11.1 Å². The first-order valence-corrected chi connectivity index (χ1v) is 10.7. The number of carbonyl (C=O) groups is 2. The fourth-order valence-corrected chi connectivity index (χ4v) is 4.24. The normalized spacial score (nSPS) is 19.0. The van der Waals surface area contributed by atoms with Crippen molar-refractivity contribution in [3.05, 3.63) is 36.0 Å². The number of rotatable bonds is 7. The fraction of sp³-hybridized carbons (Fsp3) is 0.522. The van der Waals surface area contributed by atoms with E-state index in [1.807, 2.05) is 44.3 Å². The first-order chi connectivity index (χ1) is 14.0. The third-order valence-electron chi connectivity index (χ3n) is 5.80. The maximum atomic E-state index is 13.2. The molecular formula is C23H32N4O2. The Balaban J connectivity index is 1.79. The molecule has 1 aliphatic rings. The lowest BCUT2D eigenvalue weighted by Gasteiger charge is -2.29. The van der Waals surface area contributed by atoms with E-state index in [0.29, 0.717) is 12.4 Å². The topological polar surface area (TPSA) is 76.0 Å². The van der Waals surface area contributed by atoms with Gasteiger partial charge in [0.25, 0.3) is 0 Å². The molecule has 2 aromatic rings. The number of hydrogen-bond acceptors (Lipinski definition) is 3. The Bertz CT molecular complexity index is 844. The molecule has 6 heteroatoms. The molecule has 0 radical (unpaired) electrons. The SMILES string of the molecule is CCCCNC(=O)[C@@H]1CCCC[C@@H]1C(=O)Nc1c(-c2ccccc2)c(C)nn1C. The van der Waals surface area contributed by atoms with Crippen molar-refractivity contribution in [3.8, 4) is 11.1 Å². The average molecular weight is 397 g/mol. The van der Waals surface area contributed by atoms with E-state index in [2.05, 4.69) is 22.7 Å². The van der Waals surface area contributed by atoms with Crippen molar-refractivity contribution >= 4 is 17.6 Å². The van der Waals surface area contributed by atoms with Crippen LogP contribution in [0.3, 0.4) is 0 Å². The van der Waals surface area contributed by atoms with E-state index in [9.17, 15) is 9.59 Å². The summed E-state index contributed by atoms with van der Waals surface area (Å²) in [6, 6.07) is 9.96. The van der Waals surface area contributed by atoms with Gasteiger partial charge in [-0.3, -0.25) is 14.3 Å². The average Bonchev–Trinajstić information content (AvgIpc) is 3.01. The molecular weight excluding hydrogens is 364 g/mol. The molecule has 2 amide bonds. The Morgan fingerprint density at radius 3 is 2.41 bits per heavy atom. The van der Waals surface area contributed by atoms with E-state index in [0.717, 1.165) is 55.3 Å². The highest BCUT2D eigenvalue weighted by Crippen LogP contribution is 2.34. The number of benzene rings is 1. The van der Waals surface area contributed by atoms with Crippen LogP contribution in [-0.2, 0) is 16.6 Å². The number of carbonyl (C=O) groups excluding carboxylic acids is 2. The third-order valence-corrected chi connectivity index (χ3v) is 5.80. The summed E-state index contributed by atoms with van der Waals surface area (Å²) in [7, 11) is 1.84. The van der Waals surface area contributed by atoms with Crippen LogP contribution in [0.5, 0.6) is 0 Å². The van der Waals surface area contributed by atoms with Crippen LogP contribution < -0.4 is 10.6 Å². The molecule has 6 nitrogen and oxygen atoms in total. The van der Waals surface area contributed by atoms with Crippen LogP contribution in [0.2, 0.25) is 0 Å². The summed E-state index contributed by atoms with van der Waals surface area (Å²) in [5, 5.41) is 10.6. The molecule has 2 atom stereocenters. The Morgan fingerprint density at radius 1 is 1.10 bits per heavy atom. The van der Waals surface area contributed by atoms with Gasteiger partial charge in [0.1, 0.15) is 5.82 Å². The molecule has 3 rings (SSSR count). The lowest BCUT2D eigenvalue weighted by Crippen LogP contribution is -2.42. The van der Waals surface area contributed by atoms with Crippen molar-refractivity contribution in [1.29, 1.82) is 0 Å². The molecule has 0 spiro atoms. The van der Waals surface area contributed by atoms with Crippen molar-refractivity contribution in [2.24, 2.45) is 18.9 Å². The molecule has 1 heterocycles. The molecule has 1 aliphatic carbocycles. The predicted molar refractivity (Wildman–Crippen MR) is 115 cm³/mol. The van der Waals surface area contributed by atoms with Gasteiger partial charge in [-0.15, -0.1) is 0 Å². The molecule has 156 valence electrons. The largest absolute Gasteiger partial charge is 0.356 e. The van der Waals surface area contributed by atoms with Crippen molar-refractivity contribution in [2.45, 2.75) is 52.4 Å². The van der Waals surface area contributed by atoms with Gasteiger partial charge in [-0.05, 0) is 31.7 Å². The number of nitrogens with one attached hydrogen (secondary N) is 2. The van der Waals surface area contributed by atoms with E-state index < -0.39 is 0 Å². The second-order valence-corrected chi connectivity index (χ2v) is 7.93. The number of nitrogens with zero attached hydrogens (tertiary/aromatic N) is 2. The smallest absolute Gasteiger partial charge is 0.229 e. The van der Waals surface area contributed by atoms with Gasteiger partial charge in [0.2, 0.25) is 11.8 Å². The highest BCUT2D eigenvalue weighted by Gasteiger charge is 2.36. The maximum Gasteiger partial charge on any atom is 0.229 e. The predicted octanol–water partition coefficient (Wildman–Crippen LogP) is 4.06. The number of hydrogen-bond donors (Lipinski definition) is 2. The summed E-state index contributed by atoms with van der Waals surface area (Å²) in [4.78, 5) is 25.9. The van der Waals surface area contributed by atoms with Gasteiger partial charge in [0.15, 0.2) is 0 Å². The zero-order valence-corrected chi connectivity index (χ0v) is 17.7. The lowest BCUT2D eigenvalue weighted by atomic mass is 9.78. The maximum absolute atomic E-state index is 13.2. The van der Waals surface area contributed by atoms with Gasteiger partial charge in [-0.25, -0.2) is 0 Å². The third kappa shape index (κ3) is 4.86. The molecule has 1 fully saturated rings. The monoisotopic (exact) mass is 396 g/mol. The quantitative estimate of drug-likeness (QED) is 0.693. The first kappa shape index (κ1) is 21.1. The molecule has 0 bridgehead atoms. The van der Waals surface area contributed by atoms with Crippen molar-refractivity contribution in [2.75, 3.05) is 11.9 Å². The van der Waals surface area contributed by atoms with E-state index in [-0.39, 0.29) is 23.7 Å². The molecule has 1 aromatic heterocycles. The van der Waals surface area contributed by atoms with Crippen LogP contribution in [0, 0.1) is 18.8 Å². The van der Waals surface area contributed by atoms with Gasteiger partial charge < -0.3 is 10.6 Å². The minimum absolute atomic E-state index is 0.0165. The fourth-order valence-electron chi connectivity index (χ4n) is 4.24.